The number of nitrogens with zero attached hydrogens (tertiary/aromatic N) is 4. The van der Waals surface area contributed by atoms with Crippen molar-refractivity contribution in [2.24, 2.45) is 0 Å². The zero-order valence-corrected chi connectivity index (χ0v) is 17.3. The van der Waals surface area contributed by atoms with E-state index >= 15 is 0 Å². The lowest BCUT2D eigenvalue weighted by molar-refractivity contribution is 0.405. The summed E-state index contributed by atoms with van der Waals surface area (Å²) < 4.78 is 0. The molecule has 0 saturated carbocycles. The standard InChI is InChI=1S/C20H22Cl2N6/c1-28(2)11-3-8-24-20-26-18(14-6-9-23-10-7-14)13-19(27-20)25-17-5-4-15(21)12-16(17)22/h4-7,9-10,12-13H,3,8,11H2,1-2H3,(H2,24,25,26,27). The number of aromatic nitrogens is 3. The van der Waals surface area contributed by atoms with Crippen molar-refractivity contribution in [1.29, 1.82) is 0 Å². The number of anilines is 3. The Morgan fingerprint density at radius 3 is 2.50 bits per heavy atom. The van der Waals surface area contributed by atoms with E-state index in [0.29, 0.717) is 21.8 Å². The highest BCUT2D eigenvalue weighted by Crippen LogP contribution is 2.29. The zero-order valence-electron chi connectivity index (χ0n) is 15.8. The van der Waals surface area contributed by atoms with E-state index in [1.807, 2.05) is 24.3 Å². The van der Waals surface area contributed by atoms with Crippen molar-refractivity contribution in [3.8, 4) is 11.3 Å². The Hall–Kier alpha value is -2.41. The lowest BCUT2D eigenvalue weighted by Crippen LogP contribution is -2.17. The van der Waals surface area contributed by atoms with Crippen LogP contribution < -0.4 is 10.6 Å². The summed E-state index contributed by atoms with van der Waals surface area (Å²) in [6.45, 7) is 1.77. The van der Waals surface area contributed by atoms with Crippen LogP contribution in [0.1, 0.15) is 6.42 Å². The van der Waals surface area contributed by atoms with E-state index in [0.717, 1.165) is 36.5 Å². The fourth-order valence-corrected chi connectivity index (χ4v) is 3.04. The second kappa shape index (κ2) is 9.68. The molecule has 0 spiro atoms. The molecule has 0 atom stereocenters. The molecule has 2 N–H and O–H groups in total. The van der Waals surface area contributed by atoms with Gasteiger partial charge in [0.15, 0.2) is 0 Å². The van der Waals surface area contributed by atoms with Crippen LogP contribution in [0.4, 0.5) is 17.5 Å². The van der Waals surface area contributed by atoms with Crippen molar-refractivity contribution >= 4 is 40.7 Å². The maximum Gasteiger partial charge on any atom is 0.225 e. The number of nitrogens with one attached hydrogen (secondary N) is 2. The van der Waals surface area contributed by atoms with E-state index in [2.05, 4.69) is 44.6 Å². The minimum atomic E-state index is 0.525. The monoisotopic (exact) mass is 416 g/mol. The summed E-state index contributed by atoms with van der Waals surface area (Å²) in [5, 5.41) is 7.66. The van der Waals surface area contributed by atoms with Gasteiger partial charge in [-0.1, -0.05) is 23.2 Å². The maximum absolute atomic E-state index is 6.29. The number of benzene rings is 1. The fourth-order valence-electron chi connectivity index (χ4n) is 2.59. The molecule has 0 aliphatic heterocycles. The molecule has 8 heteroatoms. The fraction of sp³-hybridized carbons (Fsp3) is 0.250. The number of rotatable bonds is 8. The minimum absolute atomic E-state index is 0.525. The van der Waals surface area contributed by atoms with E-state index in [1.54, 1.807) is 24.5 Å². The van der Waals surface area contributed by atoms with Gasteiger partial charge in [-0.2, -0.15) is 4.98 Å². The first kappa shape index (κ1) is 20.3. The highest BCUT2D eigenvalue weighted by Gasteiger charge is 2.09. The third-order valence-electron chi connectivity index (χ3n) is 3.96. The molecule has 28 heavy (non-hydrogen) atoms. The number of pyridine rings is 1. The molecule has 0 radical (unpaired) electrons. The molecule has 1 aromatic carbocycles. The van der Waals surface area contributed by atoms with Crippen LogP contribution in [0.25, 0.3) is 11.3 Å². The topological polar surface area (TPSA) is 66.0 Å². The molecular weight excluding hydrogens is 395 g/mol. The van der Waals surface area contributed by atoms with Gasteiger partial charge in [-0.3, -0.25) is 4.98 Å². The number of hydrogen-bond acceptors (Lipinski definition) is 6. The van der Waals surface area contributed by atoms with Gasteiger partial charge in [0.25, 0.3) is 0 Å². The smallest absolute Gasteiger partial charge is 0.225 e. The second-order valence-corrected chi connectivity index (χ2v) is 7.37. The highest BCUT2D eigenvalue weighted by atomic mass is 35.5. The minimum Gasteiger partial charge on any atom is -0.354 e. The van der Waals surface area contributed by atoms with Gasteiger partial charge < -0.3 is 15.5 Å². The van der Waals surface area contributed by atoms with Gasteiger partial charge in [-0.05, 0) is 57.4 Å². The Labute approximate surface area is 174 Å². The molecule has 6 nitrogen and oxygen atoms in total. The average Bonchev–Trinajstić information content (AvgIpc) is 2.68. The summed E-state index contributed by atoms with van der Waals surface area (Å²) >= 11 is 12.3. The summed E-state index contributed by atoms with van der Waals surface area (Å²) in [6.07, 6.45) is 4.47. The van der Waals surface area contributed by atoms with Gasteiger partial charge in [0.2, 0.25) is 5.95 Å². The van der Waals surface area contributed by atoms with Crippen molar-refractivity contribution in [2.75, 3.05) is 37.8 Å². The van der Waals surface area contributed by atoms with Crippen molar-refractivity contribution in [3.63, 3.8) is 0 Å². The largest absolute Gasteiger partial charge is 0.354 e. The summed E-state index contributed by atoms with van der Waals surface area (Å²) in [5.74, 6) is 1.20. The third kappa shape index (κ3) is 5.79. The molecule has 0 aliphatic rings. The van der Waals surface area contributed by atoms with E-state index in [-0.39, 0.29) is 0 Å². The quantitative estimate of drug-likeness (QED) is 0.506. The number of hydrogen-bond donors (Lipinski definition) is 2. The van der Waals surface area contributed by atoms with Crippen LogP contribution >= 0.6 is 23.2 Å². The Morgan fingerprint density at radius 1 is 1.00 bits per heavy atom. The van der Waals surface area contributed by atoms with Gasteiger partial charge in [-0.15, -0.1) is 0 Å². The lowest BCUT2D eigenvalue weighted by atomic mass is 10.2. The van der Waals surface area contributed by atoms with Gasteiger partial charge in [0.1, 0.15) is 5.82 Å². The Morgan fingerprint density at radius 2 is 1.79 bits per heavy atom. The molecule has 0 bridgehead atoms. The Balaban J connectivity index is 1.86. The average molecular weight is 417 g/mol. The van der Waals surface area contributed by atoms with Crippen LogP contribution in [0.3, 0.4) is 0 Å². The van der Waals surface area contributed by atoms with Gasteiger partial charge in [0, 0.05) is 35.6 Å². The second-order valence-electron chi connectivity index (χ2n) is 6.53. The van der Waals surface area contributed by atoms with Gasteiger partial charge in [0.05, 0.1) is 16.4 Å². The predicted molar refractivity (Wildman–Crippen MR) is 117 cm³/mol. The summed E-state index contributed by atoms with van der Waals surface area (Å²) in [5.41, 5.74) is 2.48. The SMILES string of the molecule is CN(C)CCCNc1nc(Nc2ccc(Cl)cc2Cl)cc(-c2ccncc2)n1. The molecule has 0 aliphatic carbocycles. The summed E-state index contributed by atoms with van der Waals surface area (Å²) in [4.78, 5) is 15.4. The molecule has 3 rings (SSSR count). The first-order chi connectivity index (χ1) is 13.5. The van der Waals surface area contributed by atoms with E-state index in [4.69, 9.17) is 23.2 Å². The molecule has 0 amide bonds. The van der Waals surface area contributed by atoms with Crippen LogP contribution in [0.5, 0.6) is 0 Å². The Bertz CT molecular complexity index is 918. The van der Waals surface area contributed by atoms with Crippen LogP contribution in [0, 0.1) is 0 Å². The van der Waals surface area contributed by atoms with Gasteiger partial charge in [-0.25, -0.2) is 4.98 Å². The molecule has 0 saturated heterocycles. The number of halogens is 2. The molecule has 0 unspecified atom stereocenters. The predicted octanol–water partition coefficient (Wildman–Crippen LogP) is 4.95. The van der Waals surface area contributed by atoms with Crippen LogP contribution in [0.15, 0.2) is 48.8 Å². The molecule has 3 aromatic rings. The molecule has 2 aromatic heterocycles. The third-order valence-corrected chi connectivity index (χ3v) is 4.51. The zero-order chi connectivity index (χ0) is 19.9. The summed E-state index contributed by atoms with van der Waals surface area (Å²) in [7, 11) is 4.11. The van der Waals surface area contributed by atoms with Crippen molar-refractivity contribution < 1.29 is 0 Å². The van der Waals surface area contributed by atoms with E-state index in [9.17, 15) is 0 Å². The molecular formula is C20H22Cl2N6. The van der Waals surface area contributed by atoms with Crippen LogP contribution in [0.2, 0.25) is 10.0 Å². The van der Waals surface area contributed by atoms with Crippen molar-refractivity contribution in [1.82, 2.24) is 19.9 Å². The van der Waals surface area contributed by atoms with Crippen molar-refractivity contribution in [2.45, 2.75) is 6.42 Å². The van der Waals surface area contributed by atoms with E-state index in [1.165, 1.54) is 0 Å². The summed E-state index contributed by atoms with van der Waals surface area (Å²) in [6, 6.07) is 11.0. The first-order valence-corrected chi connectivity index (χ1v) is 9.67. The highest BCUT2D eigenvalue weighted by molar-refractivity contribution is 6.36. The molecule has 2 heterocycles. The van der Waals surface area contributed by atoms with Crippen LogP contribution in [-0.4, -0.2) is 47.0 Å². The lowest BCUT2D eigenvalue weighted by Gasteiger charge is -2.13. The molecule has 146 valence electrons. The van der Waals surface area contributed by atoms with Crippen molar-refractivity contribution in [3.05, 3.63) is 58.8 Å². The maximum atomic E-state index is 6.29. The first-order valence-electron chi connectivity index (χ1n) is 8.91. The van der Waals surface area contributed by atoms with Crippen LogP contribution in [-0.2, 0) is 0 Å². The normalized spacial score (nSPS) is 10.9. The van der Waals surface area contributed by atoms with E-state index < -0.39 is 0 Å². The van der Waals surface area contributed by atoms with Gasteiger partial charge >= 0.3 is 0 Å². The Kier molecular flexibility index (Phi) is 7.03. The molecule has 0 fully saturated rings.